The highest BCUT2D eigenvalue weighted by molar-refractivity contribution is 7.98. The summed E-state index contributed by atoms with van der Waals surface area (Å²) in [6.45, 7) is 1.41. The first kappa shape index (κ1) is 16.9. The maximum Gasteiger partial charge on any atom is 0.205 e. The van der Waals surface area contributed by atoms with Crippen LogP contribution < -0.4 is 0 Å². The summed E-state index contributed by atoms with van der Waals surface area (Å²) in [5, 5.41) is 0.947. The smallest absolute Gasteiger partial charge is 0.205 e. The van der Waals surface area contributed by atoms with Gasteiger partial charge in [0.25, 0.3) is 0 Å². The van der Waals surface area contributed by atoms with Crippen molar-refractivity contribution in [2.45, 2.75) is 17.5 Å². The summed E-state index contributed by atoms with van der Waals surface area (Å²) < 4.78 is 13.3. The lowest BCUT2D eigenvalue weighted by Gasteiger charge is -2.07. The van der Waals surface area contributed by atoms with E-state index in [9.17, 15) is 0 Å². The van der Waals surface area contributed by atoms with Gasteiger partial charge in [-0.15, -0.1) is 0 Å². The van der Waals surface area contributed by atoms with Crippen molar-refractivity contribution >= 4 is 22.8 Å². The Kier molecular flexibility index (Phi) is 5.04. The molecule has 4 aromatic rings. The maximum absolute atomic E-state index is 5.89. The van der Waals surface area contributed by atoms with E-state index in [1.54, 1.807) is 25.1 Å². The average Bonchev–Trinajstić information content (AvgIpc) is 3.30. The largest absolute Gasteiger partial charge is 0.440 e. The van der Waals surface area contributed by atoms with E-state index >= 15 is 0 Å². The van der Waals surface area contributed by atoms with Gasteiger partial charge in [-0.25, -0.2) is 9.97 Å². The van der Waals surface area contributed by atoms with Crippen LogP contribution in [-0.4, -0.2) is 28.3 Å². The van der Waals surface area contributed by atoms with Gasteiger partial charge in [0.15, 0.2) is 10.9 Å². The fourth-order valence-electron chi connectivity index (χ4n) is 2.80. The van der Waals surface area contributed by atoms with Gasteiger partial charge in [-0.1, -0.05) is 54.2 Å². The predicted octanol–water partition coefficient (Wildman–Crippen LogP) is 4.63. The third kappa shape index (κ3) is 3.52. The molecule has 0 atom stereocenters. The Hall–Kier alpha value is -2.57. The van der Waals surface area contributed by atoms with Crippen LogP contribution in [0.15, 0.2) is 70.4 Å². The van der Waals surface area contributed by atoms with Crippen LogP contribution in [0.25, 0.3) is 22.4 Å². The number of nitrogens with zero attached hydrogens (tertiary/aromatic N) is 3. The molecule has 2 heterocycles. The van der Waals surface area contributed by atoms with Crippen LogP contribution in [0.3, 0.4) is 0 Å². The molecule has 6 heteroatoms. The highest BCUT2D eigenvalue weighted by Crippen LogP contribution is 2.28. The molecule has 2 aromatic heterocycles. The van der Waals surface area contributed by atoms with Crippen LogP contribution in [0, 0.1) is 0 Å². The quantitative estimate of drug-likeness (QED) is 0.447. The number of imidazole rings is 1. The molecule has 0 spiro atoms. The number of aromatic nitrogens is 3. The van der Waals surface area contributed by atoms with Crippen molar-refractivity contribution in [3.05, 3.63) is 66.7 Å². The van der Waals surface area contributed by atoms with Crippen molar-refractivity contribution in [2.24, 2.45) is 0 Å². The monoisotopic (exact) mass is 365 g/mol. The zero-order valence-electron chi connectivity index (χ0n) is 14.5. The fraction of sp³-hybridized carbons (Fsp3) is 0.200. The van der Waals surface area contributed by atoms with E-state index < -0.39 is 0 Å². The third-order valence-electron chi connectivity index (χ3n) is 4.08. The second-order valence-corrected chi connectivity index (χ2v) is 6.74. The Bertz CT molecular complexity index is 995. The zero-order chi connectivity index (χ0) is 17.8. The highest BCUT2D eigenvalue weighted by atomic mass is 32.2. The number of para-hydroxylation sites is 2. The number of hydrogen-bond acceptors (Lipinski definition) is 5. The van der Waals surface area contributed by atoms with Crippen LogP contribution in [0.1, 0.15) is 5.89 Å². The Morgan fingerprint density at radius 3 is 2.73 bits per heavy atom. The molecule has 0 aliphatic rings. The van der Waals surface area contributed by atoms with E-state index in [1.807, 2.05) is 48.5 Å². The lowest BCUT2D eigenvalue weighted by atomic mass is 10.2. The summed E-state index contributed by atoms with van der Waals surface area (Å²) in [5.74, 6) is 2.11. The normalized spacial score (nSPS) is 11.3. The van der Waals surface area contributed by atoms with E-state index in [2.05, 4.69) is 15.6 Å². The van der Waals surface area contributed by atoms with Gasteiger partial charge in [-0.2, -0.15) is 0 Å². The van der Waals surface area contributed by atoms with Gasteiger partial charge in [-0.3, -0.25) is 0 Å². The summed E-state index contributed by atoms with van der Waals surface area (Å²) in [6, 6.07) is 18.1. The van der Waals surface area contributed by atoms with Gasteiger partial charge in [0, 0.05) is 19.2 Å². The number of benzene rings is 2. The molecule has 0 fully saturated rings. The number of thioether (sulfide) groups is 1. The number of oxazole rings is 1. The van der Waals surface area contributed by atoms with Gasteiger partial charge in [0.1, 0.15) is 0 Å². The van der Waals surface area contributed by atoms with E-state index in [4.69, 9.17) is 14.1 Å². The molecule has 0 bridgehead atoms. The van der Waals surface area contributed by atoms with Gasteiger partial charge < -0.3 is 13.7 Å². The number of methoxy groups -OCH3 is 1. The molecular weight excluding hydrogens is 346 g/mol. The number of hydrogen-bond donors (Lipinski definition) is 0. The molecule has 0 aliphatic heterocycles. The van der Waals surface area contributed by atoms with Crippen LogP contribution in [0.2, 0.25) is 0 Å². The molecule has 0 saturated carbocycles. The summed E-state index contributed by atoms with van der Waals surface area (Å²) in [6.07, 6.45) is 1.78. The van der Waals surface area contributed by atoms with Crippen LogP contribution in [0.5, 0.6) is 0 Å². The van der Waals surface area contributed by atoms with E-state index in [1.165, 1.54) is 0 Å². The van der Waals surface area contributed by atoms with Gasteiger partial charge in [-0.05, 0) is 12.1 Å². The average molecular weight is 365 g/mol. The molecule has 2 aromatic carbocycles. The lowest BCUT2D eigenvalue weighted by molar-refractivity contribution is 0.186. The second-order valence-electron chi connectivity index (χ2n) is 5.80. The Balaban J connectivity index is 1.54. The van der Waals surface area contributed by atoms with Crippen molar-refractivity contribution in [1.82, 2.24) is 14.5 Å². The number of rotatable bonds is 7. The molecule has 0 radical (unpaired) electrons. The Morgan fingerprint density at radius 2 is 1.88 bits per heavy atom. The molecule has 0 saturated heterocycles. The molecule has 132 valence electrons. The lowest BCUT2D eigenvalue weighted by Crippen LogP contribution is -2.05. The predicted molar refractivity (Wildman–Crippen MR) is 103 cm³/mol. The van der Waals surface area contributed by atoms with Crippen molar-refractivity contribution in [3.63, 3.8) is 0 Å². The SMILES string of the molecule is COCCn1c(SCc2ncc(-c3ccccc3)o2)nc2ccccc21. The third-order valence-corrected chi connectivity index (χ3v) is 5.04. The number of ether oxygens (including phenoxy) is 1. The van der Waals surface area contributed by atoms with E-state index in [0.717, 1.165) is 34.1 Å². The molecule has 0 unspecified atom stereocenters. The molecule has 26 heavy (non-hydrogen) atoms. The minimum absolute atomic E-state index is 0.628. The molecular formula is C20H19N3O2S. The van der Waals surface area contributed by atoms with Crippen LogP contribution in [0.4, 0.5) is 0 Å². The first-order valence-electron chi connectivity index (χ1n) is 8.42. The first-order chi connectivity index (χ1) is 12.8. The van der Waals surface area contributed by atoms with Crippen molar-refractivity contribution in [1.29, 1.82) is 0 Å². The molecule has 0 aliphatic carbocycles. The second kappa shape index (κ2) is 7.76. The van der Waals surface area contributed by atoms with Crippen LogP contribution >= 0.6 is 11.8 Å². The van der Waals surface area contributed by atoms with Crippen molar-refractivity contribution < 1.29 is 9.15 Å². The van der Waals surface area contributed by atoms with E-state index in [-0.39, 0.29) is 0 Å². The van der Waals surface area contributed by atoms with Gasteiger partial charge in [0.2, 0.25) is 5.89 Å². The fourth-order valence-corrected chi connectivity index (χ4v) is 3.70. The minimum Gasteiger partial charge on any atom is -0.440 e. The zero-order valence-corrected chi connectivity index (χ0v) is 15.3. The Morgan fingerprint density at radius 1 is 1.08 bits per heavy atom. The topological polar surface area (TPSA) is 53.1 Å². The maximum atomic E-state index is 5.89. The van der Waals surface area contributed by atoms with Gasteiger partial charge in [0.05, 0.1) is 29.6 Å². The van der Waals surface area contributed by atoms with Crippen molar-refractivity contribution in [3.8, 4) is 11.3 Å². The summed E-state index contributed by atoms with van der Waals surface area (Å²) in [4.78, 5) is 9.15. The highest BCUT2D eigenvalue weighted by Gasteiger charge is 2.13. The summed E-state index contributed by atoms with van der Waals surface area (Å²) in [5.41, 5.74) is 3.14. The standard InChI is InChI=1S/C20H19N3O2S/c1-24-12-11-23-17-10-6-5-9-16(17)22-20(23)26-14-19-21-13-18(25-19)15-7-3-2-4-8-15/h2-10,13H,11-12,14H2,1H3. The summed E-state index contributed by atoms with van der Waals surface area (Å²) in [7, 11) is 1.71. The molecule has 0 amide bonds. The molecule has 4 rings (SSSR count). The minimum atomic E-state index is 0.628. The molecule has 0 N–H and O–H groups in total. The summed E-state index contributed by atoms with van der Waals surface area (Å²) >= 11 is 1.62. The first-order valence-corrected chi connectivity index (χ1v) is 9.41. The van der Waals surface area contributed by atoms with Gasteiger partial charge >= 0.3 is 0 Å². The molecule has 5 nitrogen and oxygen atoms in total. The van der Waals surface area contributed by atoms with Crippen molar-refractivity contribution in [2.75, 3.05) is 13.7 Å². The number of fused-ring (bicyclic) bond motifs is 1. The van der Waals surface area contributed by atoms with E-state index in [0.29, 0.717) is 18.3 Å². The Labute approximate surface area is 156 Å². The van der Waals surface area contributed by atoms with Crippen LogP contribution in [-0.2, 0) is 17.0 Å².